The molecule has 32 heavy (non-hydrogen) atoms. The lowest BCUT2D eigenvalue weighted by Gasteiger charge is -2.24. The standard InChI is InChI=1S/C24H25ClFN3O2S/c1-3-16-28(4-2)24(30)22-6-5-7-23(27-22)29(17-18-8-10-19(25)11-9-18)32(31)21-14-12-20(26)13-15-21/h5-15H,3-4,16-17H2,1-2H3. The Morgan fingerprint density at radius 2 is 1.72 bits per heavy atom. The zero-order valence-electron chi connectivity index (χ0n) is 18.0. The van der Waals surface area contributed by atoms with Gasteiger partial charge in [0, 0.05) is 18.1 Å². The zero-order chi connectivity index (χ0) is 23.1. The molecule has 0 aliphatic carbocycles. The third-order valence-electron chi connectivity index (χ3n) is 4.83. The van der Waals surface area contributed by atoms with Crippen molar-refractivity contribution in [2.45, 2.75) is 31.7 Å². The average Bonchev–Trinajstić information content (AvgIpc) is 2.82. The van der Waals surface area contributed by atoms with Gasteiger partial charge in [0.05, 0.1) is 11.4 Å². The van der Waals surface area contributed by atoms with E-state index in [0.29, 0.717) is 28.8 Å². The molecule has 8 heteroatoms. The molecule has 1 unspecified atom stereocenters. The molecule has 168 valence electrons. The van der Waals surface area contributed by atoms with Crippen molar-refractivity contribution >= 4 is 34.3 Å². The van der Waals surface area contributed by atoms with Crippen LogP contribution in [0.3, 0.4) is 0 Å². The lowest BCUT2D eigenvalue weighted by Crippen LogP contribution is -2.33. The minimum atomic E-state index is -1.68. The van der Waals surface area contributed by atoms with Crippen LogP contribution in [0.1, 0.15) is 36.3 Å². The zero-order valence-corrected chi connectivity index (χ0v) is 19.6. The molecule has 0 fully saturated rings. The third-order valence-corrected chi connectivity index (χ3v) is 6.47. The number of benzene rings is 2. The molecular weight excluding hydrogens is 449 g/mol. The number of amides is 1. The van der Waals surface area contributed by atoms with Crippen LogP contribution in [0.5, 0.6) is 0 Å². The summed E-state index contributed by atoms with van der Waals surface area (Å²) in [7, 11) is -1.68. The molecule has 0 spiro atoms. The highest BCUT2D eigenvalue weighted by Crippen LogP contribution is 2.23. The van der Waals surface area contributed by atoms with Gasteiger partial charge in [-0.1, -0.05) is 36.7 Å². The first-order chi connectivity index (χ1) is 15.4. The molecule has 1 amide bonds. The van der Waals surface area contributed by atoms with E-state index in [9.17, 15) is 13.4 Å². The van der Waals surface area contributed by atoms with Crippen molar-refractivity contribution in [3.63, 3.8) is 0 Å². The predicted octanol–water partition coefficient (Wildman–Crippen LogP) is 5.48. The van der Waals surface area contributed by atoms with Gasteiger partial charge >= 0.3 is 0 Å². The average molecular weight is 474 g/mol. The summed E-state index contributed by atoms with van der Waals surface area (Å²) in [6.45, 7) is 5.41. The van der Waals surface area contributed by atoms with Crippen molar-refractivity contribution in [1.29, 1.82) is 0 Å². The first-order valence-corrected chi connectivity index (χ1v) is 11.9. The highest BCUT2D eigenvalue weighted by atomic mass is 35.5. The maximum atomic E-state index is 13.5. The summed E-state index contributed by atoms with van der Waals surface area (Å²) in [5, 5.41) is 0.598. The fourth-order valence-corrected chi connectivity index (χ4v) is 4.46. The van der Waals surface area contributed by atoms with E-state index in [4.69, 9.17) is 11.6 Å². The molecule has 0 N–H and O–H groups in total. The predicted molar refractivity (Wildman–Crippen MR) is 127 cm³/mol. The van der Waals surface area contributed by atoms with Crippen molar-refractivity contribution in [2.24, 2.45) is 0 Å². The van der Waals surface area contributed by atoms with Crippen molar-refractivity contribution in [3.05, 3.63) is 88.8 Å². The second-order valence-corrected chi connectivity index (χ2v) is 8.98. The second kappa shape index (κ2) is 11.2. The topological polar surface area (TPSA) is 53.5 Å². The molecule has 3 aromatic rings. The van der Waals surface area contributed by atoms with E-state index < -0.39 is 16.8 Å². The van der Waals surface area contributed by atoms with Gasteiger partial charge in [0.15, 0.2) is 11.0 Å². The lowest BCUT2D eigenvalue weighted by atomic mass is 10.2. The van der Waals surface area contributed by atoms with E-state index in [1.54, 1.807) is 39.5 Å². The van der Waals surface area contributed by atoms with Crippen molar-refractivity contribution in [2.75, 3.05) is 17.4 Å². The Bertz CT molecular complexity index is 1080. The van der Waals surface area contributed by atoms with Gasteiger partial charge in [-0.15, -0.1) is 0 Å². The van der Waals surface area contributed by atoms with Crippen LogP contribution in [0.25, 0.3) is 0 Å². The first-order valence-electron chi connectivity index (χ1n) is 10.4. The lowest BCUT2D eigenvalue weighted by molar-refractivity contribution is 0.0758. The number of hydrogen-bond donors (Lipinski definition) is 0. The summed E-state index contributed by atoms with van der Waals surface area (Å²) in [6, 6.07) is 17.8. The van der Waals surface area contributed by atoms with Gasteiger partial charge in [0.25, 0.3) is 5.91 Å². The Balaban J connectivity index is 1.98. The minimum Gasteiger partial charge on any atom is -0.338 e. The van der Waals surface area contributed by atoms with E-state index in [1.807, 2.05) is 26.0 Å². The summed E-state index contributed by atoms with van der Waals surface area (Å²) < 4.78 is 28.4. The number of rotatable bonds is 9. The van der Waals surface area contributed by atoms with Crippen LogP contribution < -0.4 is 4.31 Å². The molecule has 1 heterocycles. The van der Waals surface area contributed by atoms with E-state index in [2.05, 4.69) is 4.98 Å². The Morgan fingerprint density at radius 3 is 2.34 bits per heavy atom. The van der Waals surface area contributed by atoms with Crippen molar-refractivity contribution in [3.8, 4) is 0 Å². The SMILES string of the molecule is CCCN(CC)C(=O)c1cccc(N(Cc2ccc(Cl)cc2)S(=O)c2ccc(F)cc2)n1. The number of carbonyl (C=O) groups excluding carboxylic acids is 1. The number of halogens is 2. The summed E-state index contributed by atoms with van der Waals surface area (Å²) >= 11 is 6.00. The van der Waals surface area contributed by atoms with Crippen molar-refractivity contribution < 1.29 is 13.4 Å². The minimum absolute atomic E-state index is 0.171. The smallest absolute Gasteiger partial charge is 0.272 e. The van der Waals surface area contributed by atoms with Crippen LogP contribution in [0.15, 0.2) is 71.6 Å². The van der Waals surface area contributed by atoms with Crippen LogP contribution >= 0.6 is 11.6 Å². The highest BCUT2D eigenvalue weighted by Gasteiger charge is 2.21. The molecule has 0 saturated carbocycles. The fraction of sp³-hybridized carbons (Fsp3) is 0.250. The maximum Gasteiger partial charge on any atom is 0.272 e. The van der Waals surface area contributed by atoms with E-state index in [0.717, 1.165) is 12.0 Å². The van der Waals surface area contributed by atoms with Gasteiger partial charge in [0.1, 0.15) is 17.3 Å². The Kier molecular flexibility index (Phi) is 8.36. The molecule has 0 radical (unpaired) electrons. The number of hydrogen-bond acceptors (Lipinski definition) is 3. The number of anilines is 1. The molecule has 0 aliphatic heterocycles. The highest BCUT2D eigenvalue weighted by molar-refractivity contribution is 7.86. The third kappa shape index (κ3) is 5.93. The Morgan fingerprint density at radius 1 is 1.03 bits per heavy atom. The van der Waals surface area contributed by atoms with Crippen LogP contribution in [0.2, 0.25) is 5.02 Å². The maximum absolute atomic E-state index is 13.5. The van der Waals surface area contributed by atoms with Gasteiger partial charge in [-0.2, -0.15) is 0 Å². The van der Waals surface area contributed by atoms with Crippen LogP contribution in [0.4, 0.5) is 10.2 Å². The van der Waals surface area contributed by atoms with Crippen molar-refractivity contribution in [1.82, 2.24) is 9.88 Å². The van der Waals surface area contributed by atoms with Crippen LogP contribution in [0, 0.1) is 5.82 Å². The quantitative estimate of drug-likeness (QED) is 0.413. The largest absolute Gasteiger partial charge is 0.338 e. The fourth-order valence-electron chi connectivity index (χ4n) is 3.17. The van der Waals surface area contributed by atoms with E-state index in [1.165, 1.54) is 24.3 Å². The van der Waals surface area contributed by atoms with Gasteiger partial charge in [-0.3, -0.25) is 9.10 Å². The molecule has 5 nitrogen and oxygen atoms in total. The van der Waals surface area contributed by atoms with E-state index >= 15 is 0 Å². The van der Waals surface area contributed by atoms with Gasteiger partial charge in [-0.05, 0) is 67.4 Å². The second-order valence-electron chi connectivity index (χ2n) is 7.13. The molecule has 1 atom stereocenters. The number of nitrogens with zero attached hydrogens (tertiary/aromatic N) is 3. The molecule has 0 aliphatic rings. The normalized spacial score (nSPS) is 11.8. The summed E-state index contributed by atoms with van der Waals surface area (Å²) in [5.74, 6) is -0.187. The molecule has 1 aromatic heterocycles. The Hall–Kier alpha value is -2.77. The first kappa shape index (κ1) is 23.9. The molecule has 0 saturated heterocycles. The Labute approximate surface area is 195 Å². The van der Waals surface area contributed by atoms with Gasteiger partial charge < -0.3 is 4.90 Å². The molecule has 3 rings (SSSR count). The summed E-state index contributed by atoms with van der Waals surface area (Å²) in [6.07, 6.45) is 0.844. The summed E-state index contributed by atoms with van der Waals surface area (Å²) in [4.78, 5) is 19.6. The van der Waals surface area contributed by atoms with Crippen LogP contribution in [-0.2, 0) is 17.5 Å². The number of pyridine rings is 1. The summed E-state index contributed by atoms with van der Waals surface area (Å²) in [5.41, 5.74) is 1.15. The van der Waals surface area contributed by atoms with Gasteiger partial charge in [0.2, 0.25) is 0 Å². The van der Waals surface area contributed by atoms with Crippen LogP contribution in [-0.4, -0.2) is 33.1 Å². The number of aromatic nitrogens is 1. The molecular formula is C24H25ClFN3O2S. The number of carbonyl (C=O) groups is 1. The molecule has 0 bridgehead atoms. The van der Waals surface area contributed by atoms with Gasteiger partial charge in [-0.25, -0.2) is 13.6 Å². The monoisotopic (exact) mass is 473 g/mol. The van der Waals surface area contributed by atoms with E-state index in [-0.39, 0.29) is 18.1 Å². The molecule has 2 aromatic carbocycles.